The van der Waals surface area contributed by atoms with E-state index in [4.69, 9.17) is 0 Å². The van der Waals surface area contributed by atoms with Crippen molar-refractivity contribution >= 4 is 5.69 Å². The van der Waals surface area contributed by atoms with E-state index in [0.717, 1.165) is 25.6 Å². The second kappa shape index (κ2) is 9.02. The van der Waals surface area contributed by atoms with E-state index in [1.54, 1.807) is 0 Å². The molecule has 0 aromatic heterocycles. The summed E-state index contributed by atoms with van der Waals surface area (Å²) in [6.07, 6.45) is 2.51. The molecule has 114 valence electrons. The lowest BCUT2D eigenvalue weighted by Crippen LogP contribution is -2.32. The molecule has 20 heavy (non-hydrogen) atoms. The van der Waals surface area contributed by atoms with Gasteiger partial charge in [0.25, 0.3) is 0 Å². The van der Waals surface area contributed by atoms with Gasteiger partial charge in [-0.05, 0) is 44.4 Å². The van der Waals surface area contributed by atoms with Crippen LogP contribution in [0.4, 0.5) is 5.69 Å². The fraction of sp³-hybridized carbons (Fsp3) is 0.667. The molecule has 1 aromatic rings. The van der Waals surface area contributed by atoms with Gasteiger partial charge in [-0.1, -0.05) is 38.8 Å². The zero-order valence-corrected chi connectivity index (χ0v) is 13.9. The van der Waals surface area contributed by atoms with Gasteiger partial charge < -0.3 is 10.2 Å². The molecule has 1 rings (SSSR count). The van der Waals surface area contributed by atoms with Gasteiger partial charge in [0.1, 0.15) is 0 Å². The second-order valence-corrected chi connectivity index (χ2v) is 5.58. The molecule has 0 saturated heterocycles. The van der Waals surface area contributed by atoms with Gasteiger partial charge in [0.15, 0.2) is 0 Å². The van der Waals surface area contributed by atoms with Crippen LogP contribution in [-0.4, -0.2) is 19.1 Å². The van der Waals surface area contributed by atoms with Crippen LogP contribution >= 0.6 is 0 Å². The van der Waals surface area contributed by atoms with E-state index in [-0.39, 0.29) is 0 Å². The minimum atomic E-state index is 0.590. The van der Waals surface area contributed by atoms with Gasteiger partial charge in [0.2, 0.25) is 0 Å². The van der Waals surface area contributed by atoms with Gasteiger partial charge in [-0.15, -0.1) is 0 Å². The van der Waals surface area contributed by atoms with E-state index in [1.807, 2.05) is 0 Å². The Balaban J connectivity index is 2.53. The molecule has 2 heteroatoms. The predicted octanol–water partition coefficient (Wildman–Crippen LogP) is 4.45. The number of nitrogens with zero attached hydrogens (tertiary/aromatic N) is 1. The Hall–Kier alpha value is -1.02. The summed E-state index contributed by atoms with van der Waals surface area (Å²) in [5.74, 6) is 0.782. The van der Waals surface area contributed by atoms with E-state index in [2.05, 4.69) is 69.1 Å². The van der Waals surface area contributed by atoms with Crippen LogP contribution in [0.3, 0.4) is 0 Å². The molecular formula is C18H32N2. The normalized spacial score (nSPS) is 12.7. The fourth-order valence-corrected chi connectivity index (χ4v) is 2.85. The molecule has 0 spiro atoms. The largest absolute Gasteiger partial charge is 0.372 e. The van der Waals surface area contributed by atoms with Crippen molar-refractivity contribution in [3.8, 4) is 0 Å². The van der Waals surface area contributed by atoms with Crippen LogP contribution in [0.1, 0.15) is 53.0 Å². The van der Waals surface area contributed by atoms with Crippen LogP contribution in [0, 0.1) is 5.92 Å². The molecule has 1 unspecified atom stereocenters. The lowest BCUT2D eigenvalue weighted by atomic mass is 9.95. The van der Waals surface area contributed by atoms with Crippen molar-refractivity contribution in [3.05, 3.63) is 29.8 Å². The first-order valence-corrected chi connectivity index (χ1v) is 8.23. The van der Waals surface area contributed by atoms with Crippen molar-refractivity contribution in [3.63, 3.8) is 0 Å². The SMILES string of the molecule is CCC(CC)C(C)NCc1ccc(N(CC)CC)cc1. The van der Waals surface area contributed by atoms with Crippen LogP contribution in [-0.2, 0) is 6.54 Å². The molecule has 0 amide bonds. The summed E-state index contributed by atoms with van der Waals surface area (Å²) >= 11 is 0. The Bertz CT molecular complexity index is 350. The summed E-state index contributed by atoms with van der Waals surface area (Å²) in [7, 11) is 0. The van der Waals surface area contributed by atoms with Gasteiger partial charge >= 0.3 is 0 Å². The third-order valence-corrected chi connectivity index (χ3v) is 4.45. The standard InChI is InChI=1S/C18H32N2/c1-6-17(7-2)15(5)19-14-16-10-12-18(13-11-16)20(8-3)9-4/h10-13,15,17,19H,6-9,14H2,1-5H3. The monoisotopic (exact) mass is 276 g/mol. The maximum absolute atomic E-state index is 3.66. The molecule has 0 aliphatic heterocycles. The number of benzene rings is 1. The van der Waals surface area contributed by atoms with E-state index < -0.39 is 0 Å². The highest BCUT2D eigenvalue weighted by molar-refractivity contribution is 5.47. The van der Waals surface area contributed by atoms with Crippen molar-refractivity contribution in [2.24, 2.45) is 5.92 Å². The zero-order chi connectivity index (χ0) is 15.0. The quantitative estimate of drug-likeness (QED) is 0.717. The number of anilines is 1. The third-order valence-electron chi connectivity index (χ3n) is 4.45. The molecule has 0 radical (unpaired) electrons. The first kappa shape index (κ1) is 17.0. The molecule has 2 nitrogen and oxygen atoms in total. The van der Waals surface area contributed by atoms with Gasteiger partial charge in [-0.3, -0.25) is 0 Å². The number of rotatable bonds is 9. The van der Waals surface area contributed by atoms with Crippen molar-refractivity contribution in [2.45, 2.75) is 60.0 Å². The minimum Gasteiger partial charge on any atom is -0.372 e. The lowest BCUT2D eigenvalue weighted by Gasteiger charge is -2.23. The van der Waals surface area contributed by atoms with Crippen molar-refractivity contribution in [2.75, 3.05) is 18.0 Å². The predicted molar refractivity (Wildman–Crippen MR) is 90.4 cm³/mol. The van der Waals surface area contributed by atoms with Gasteiger partial charge in [0.05, 0.1) is 0 Å². The number of hydrogen-bond acceptors (Lipinski definition) is 2. The van der Waals surface area contributed by atoms with Crippen LogP contribution in [0.15, 0.2) is 24.3 Å². The van der Waals surface area contributed by atoms with E-state index >= 15 is 0 Å². The second-order valence-electron chi connectivity index (χ2n) is 5.58. The first-order chi connectivity index (χ1) is 9.65. The number of hydrogen-bond donors (Lipinski definition) is 1. The summed E-state index contributed by atoms with van der Waals surface area (Å²) in [5, 5.41) is 3.66. The van der Waals surface area contributed by atoms with Crippen LogP contribution in [0.2, 0.25) is 0 Å². The van der Waals surface area contributed by atoms with Gasteiger partial charge in [0, 0.05) is 31.4 Å². The van der Waals surface area contributed by atoms with Crippen LogP contribution in [0.25, 0.3) is 0 Å². The maximum Gasteiger partial charge on any atom is 0.0366 e. The van der Waals surface area contributed by atoms with Gasteiger partial charge in [-0.25, -0.2) is 0 Å². The molecular weight excluding hydrogens is 244 g/mol. The highest BCUT2D eigenvalue weighted by atomic mass is 15.1. The average molecular weight is 276 g/mol. The summed E-state index contributed by atoms with van der Waals surface area (Å²) in [4.78, 5) is 2.38. The summed E-state index contributed by atoms with van der Waals surface area (Å²) < 4.78 is 0. The van der Waals surface area contributed by atoms with E-state index in [1.165, 1.54) is 24.1 Å². The molecule has 0 fully saturated rings. The highest BCUT2D eigenvalue weighted by Crippen LogP contribution is 2.16. The van der Waals surface area contributed by atoms with Crippen LogP contribution in [0.5, 0.6) is 0 Å². The highest BCUT2D eigenvalue weighted by Gasteiger charge is 2.12. The molecule has 1 aromatic carbocycles. The Kier molecular flexibility index (Phi) is 7.68. The zero-order valence-electron chi connectivity index (χ0n) is 13.9. The number of nitrogens with one attached hydrogen (secondary N) is 1. The van der Waals surface area contributed by atoms with Gasteiger partial charge in [-0.2, -0.15) is 0 Å². The Labute approximate surface area is 125 Å². The average Bonchev–Trinajstić information content (AvgIpc) is 2.49. The Morgan fingerprint density at radius 3 is 1.95 bits per heavy atom. The molecule has 0 heterocycles. The smallest absolute Gasteiger partial charge is 0.0366 e. The lowest BCUT2D eigenvalue weighted by molar-refractivity contribution is 0.353. The van der Waals surface area contributed by atoms with Crippen LogP contribution < -0.4 is 10.2 Å². The molecule has 0 aliphatic rings. The molecule has 0 bridgehead atoms. The first-order valence-electron chi connectivity index (χ1n) is 8.23. The molecule has 0 aliphatic carbocycles. The third kappa shape index (κ3) is 4.82. The van der Waals surface area contributed by atoms with Crippen molar-refractivity contribution in [1.29, 1.82) is 0 Å². The summed E-state index contributed by atoms with van der Waals surface area (Å²) in [6.45, 7) is 14.4. The maximum atomic E-state index is 3.66. The van der Waals surface area contributed by atoms with E-state index in [0.29, 0.717) is 6.04 Å². The van der Waals surface area contributed by atoms with Crippen molar-refractivity contribution in [1.82, 2.24) is 5.32 Å². The topological polar surface area (TPSA) is 15.3 Å². The molecule has 1 atom stereocenters. The summed E-state index contributed by atoms with van der Waals surface area (Å²) in [5.41, 5.74) is 2.70. The Morgan fingerprint density at radius 1 is 0.950 bits per heavy atom. The Morgan fingerprint density at radius 2 is 1.50 bits per heavy atom. The van der Waals surface area contributed by atoms with Crippen molar-refractivity contribution < 1.29 is 0 Å². The minimum absolute atomic E-state index is 0.590. The fourth-order valence-electron chi connectivity index (χ4n) is 2.85. The molecule has 1 N–H and O–H groups in total. The molecule has 0 saturated carbocycles. The van der Waals surface area contributed by atoms with E-state index in [9.17, 15) is 0 Å². The summed E-state index contributed by atoms with van der Waals surface area (Å²) in [6, 6.07) is 9.57.